The van der Waals surface area contributed by atoms with E-state index in [1.807, 2.05) is 13.8 Å². The third-order valence-electron chi connectivity index (χ3n) is 3.21. The molecule has 126 valence electrons. The Morgan fingerprint density at radius 3 is 2.75 bits per heavy atom. The lowest BCUT2D eigenvalue weighted by Gasteiger charge is -2.07. The average molecular weight is 339 g/mol. The number of hydrogen-bond acceptors (Lipinski definition) is 5. The second kappa shape index (κ2) is 5.62. The highest BCUT2D eigenvalue weighted by atomic mass is 19.4. The van der Waals surface area contributed by atoms with E-state index >= 15 is 0 Å². The third kappa shape index (κ3) is 2.94. The summed E-state index contributed by atoms with van der Waals surface area (Å²) in [6, 6.07) is 1.88. The van der Waals surface area contributed by atoms with Gasteiger partial charge < -0.3 is 4.42 Å². The van der Waals surface area contributed by atoms with Crippen molar-refractivity contribution in [3.63, 3.8) is 0 Å². The van der Waals surface area contributed by atoms with Crippen molar-refractivity contribution in [3.8, 4) is 0 Å². The highest BCUT2D eigenvalue weighted by molar-refractivity contribution is 6.02. The molecule has 10 heteroatoms. The molecule has 0 atom stereocenters. The van der Waals surface area contributed by atoms with Crippen molar-refractivity contribution in [2.75, 3.05) is 5.32 Å². The van der Waals surface area contributed by atoms with Crippen LogP contribution in [-0.4, -0.2) is 25.5 Å². The first-order valence-corrected chi connectivity index (χ1v) is 6.94. The third-order valence-corrected chi connectivity index (χ3v) is 3.21. The summed E-state index contributed by atoms with van der Waals surface area (Å²) in [4.78, 5) is 20.0. The van der Waals surface area contributed by atoms with E-state index in [9.17, 15) is 18.0 Å². The number of alkyl halides is 3. The molecular weight excluding hydrogens is 327 g/mol. The predicted molar refractivity (Wildman–Crippen MR) is 76.5 cm³/mol. The normalized spacial score (nSPS) is 12.1. The molecule has 0 aliphatic rings. The maximum Gasteiger partial charge on any atom is 0.433 e. The lowest BCUT2D eigenvalue weighted by atomic mass is 10.2. The summed E-state index contributed by atoms with van der Waals surface area (Å²) in [6.45, 7) is 3.80. The van der Waals surface area contributed by atoms with E-state index in [1.165, 1.54) is 6.26 Å². The molecule has 0 aliphatic carbocycles. The second-order valence-electron chi connectivity index (χ2n) is 5.31. The van der Waals surface area contributed by atoms with E-state index in [2.05, 4.69) is 20.4 Å². The highest BCUT2D eigenvalue weighted by Gasteiger charge is 2.34. The number of hydrogen-bond donors (Lipinski definition) is 1. The maximum absolute atomic E-state index is 12.9. The zero-order valence-electron chi connectivity index (χ0n) is 12.6. The Bertz CT molecular complexity index is 897. The number of rotatable bonds is 3. The lowest BCUT2D eigenvalue weighted by Crippen LogP contribution is -2.15. The van der Waals surface area contributed by atoms with Gasteiger partial charge in [0.05, 0.1) is 5.69 Å². The van der Waals surface area contributed by atoms with Crippen LogP contribution in [0.15, 0.2) is 29.0 Å². The summed E-state index contributed by atoms with van der Waals surface area (Å²) < 4.78 is 44.5. The topological polar surface area (TPSA) is 85.3 Å². The number of amides is 1. The summed E-state index contributed by atoms with van der Waals surface area (Å²) in [7, 11) is 0. The van der Waals surface area contributed by atoms with Gasteiger partial charge >= 0.3 is 12.2 Å². The minimum Gasteiger partial charge on any atom is -0.432 e. The van der Waals surface area contributed by atoms with Gasteiger partial charge in [0.25, 0.3) is 5.91 Å². The number of nitrogens with zero attached hydrogens (tertiary/aromatic N) is 4. The molecule has 1 amide bonds. The van der Waals surface area contributed by atoms with E-state index in [-0.39, 0.29) is 23.3 Å². The van der Waals surface area contributed by atoms with Crippen LogP contribution in [0.3, 0.4) is 0 Å². The minimum absolute atomic E-state index is 0.0511. The first-order chi connectivity index (χ1) is 11.3. The summed E-state index contributed by atoms with van der Waals surface area (Å²) in [5, 5.41) is 6.02. The minimum atomic E-state index is -4.62. The van der Waals surface area contributed by atoms with Crippen molar-refractivity contribution in [2.24, 2.45) is 0 Å². The second-order valence-corrected chi connectivity index (χ2v) is 5.31. The van der Waals surface area contributed by atoms with Gasteiger partial charge in [-0.2, -0.15) is 23.3 Å². The predicted octanol–water partition coefficient (Wildman–Crippen LogP) is 3.11. The number of anilines is 1. The fourth-order valence-electron chi connectivity index (χ4n) is 1.99. The molecule has 0 aromatic carbocycles. The number of nitrogens with one attached hydrogen (secondary N) is 1. The summed E-state index contributed by atoms with van der Waals surface area (Å²) in [5.41, 5.74) is -0.708. The van der Waals surface area contributed by atoms with Gasteiger partial charge in [0.2, 0.25) is 0 Å². The highest BCUT2D eigenvalue weighted by Crippen LogP contribution is 2.29. The molecule has 3 rings (SSSR count). The Morgan fingerprint density at radius 2 is 2.12 bits per heavy atom. The standard InChI is InChI=1S/C14H12F3N5O2/c1-7(2)9-6-24-13(19-9)20-12(23)8-5-11-18-4-3-10(14(15,16)17)22(11)21-8/h3-7H,1-2H3,(H,19,20,23). The first-order valence-electron chi connectivity index (χ1n) is 6.94. The lowest BCUT2D eigenvalue weighted by molar-refractivity contribution is -0.142. The fourth-order valence-corrected chi connectivity index (χ4v) is 1.99. The van der Waals surface area contributed by atoms with Crippen LogP contribution in [0.4, 0.5) is 19.2 Å². The van der Waals surface area contributed by atoms with Gasteiger partial charge in [-0.3, -0.25) is 10.1 Å². The maximum atomic E-state index is 12.9. The van der Waals surface area contributed by atoms with Gasteiger partial charge in [0, 0.05) is 12.3 Å². The molecule has 0 spiro atoms. The molecule has 0 fully saturated rings. The molecule has 7 nitrogen and oxygen atoms in total. The van der Waals surface area contributed by atoms with Crippen molar-refractivity contribution in [2.45, 2.75) is 25.9 Å². The Labute approximate surface area is 133 Å². The largest absolute Gasteiger partial charge is 0.433 e. The van der Waals surface area contributed by atoms with Gasteiger partial charge in [0.15, 0.2) is 11.3 Å². The Morgan fingerprint density at radius 1 is 1.38 bits per heavy atom. The van der Waals surface area contributed by atoms with E-state index in [0.29, 0.717) is 10.2 Å². The number of carbonyl (C=O) groups is 1. The van der Waals surface area contributed by atoms with E-state index < -0.39 is 17.8 Å². The molecule has 0 saturated heterocycles. The van der Waals surface area contributed by atoms with Crippen LogP contribution in [-0.2, 0) is 6.18 Å². The Balaban J connectivity index is 1.90. The van der Waals surface area contributed by atoms with Crippen LogP contribution in [0.25, 0.3) is 5.65 Å². The summed E-state index contributed by atoms with van der Waals surface area (Å²) >= 11 is 0. The molecular formula is C14H12F3N5O2. The molecule has 1 N–H and O–H groups in total. The monoisotopic (exact) mass is 339 g/mol. The Kier molecular flexibility index (Phi) is 3.74. The summed E-state index contributed by atoms with van der Waals surface area (Å²) in [6.07, 6.45) is -2.21. The smallest absolute Gasteiger partial charge is 0.432 e. The van der Waals surface area contributed by atoms with E-state index in [4.69, 9.17) is 4.42 Å². The van der Waals surface area contributed by atoms with Gasteiger partial charge in [-0.1, -0.05) is 13.8 Å². The molecule has 0 unspecified atom stereocenters. The molecule has 3 aromatic heterocycles. The van der Waals surface area contributed by atoms with Crippen LogP contribution in [0.2, 0.25) is 0 Å². The zero-order chi connectivity index (χ0) is 17.5. The number of halogens is 3. The zero-order valence-corrected chi connectivity index (χ0v) is 12.6. The van der Waals surface area contributed by atoms with Crippen molar-refractivity contribution >= 4 is 17.6 Å². The number of aromatic nitrogens is 4. The van der Waals surface area contributed by atoms with Crippen molar-refractivity contribution < 1.29 is 22.4 Å². The van der Waals surface area contributed by atoms with Crippen LogP contribution < -0.4 is 5.32 Å². The van der Waals surface area contributed by atoms with Gasteiger partial charge in [-0.25, -0.2) is 9.50 Å². The van der Waals surface area contributed by atoms with Gasteiger partial charge in [0.1, 0.15) is 12.0 Å². The number of oxazole rings is 1. The van der Waals surface area contributed by atoms with Crippen molar-refractivity contribution in [1.29, 1.82) is 0 Å². The van der Waals surface area contributed by atoms with Crippen LogP contribution in [0.5, 0.6) is 0 Å². The molecule has 0 radical (unpaired) electrons. The van der Waals surface area contributed by atoms with Gasteiger partial charge in [-0.15, -0.1) is 0 Å². The molecule has 3 heterocycles. The summed E-state index contributed by atoms with van der Waals surface area (Å²) in [5.74, 6) is -0.640. The molecule has 24 heavy (non-hydrogen) atoms. The van der Waals surface area contributed by atoms with Crippen molar-refractivity contribution in [1.82, 2.24) is 19.6 Å². The van der Waals surface area contributed by atoms with Crippen LogP contribution in [0.1, 0.15) is 41.6 Å². The molecule has 0 bridgehead atoms. The quantitative estimate of drug-likeness (QED) is 0.792. The van der Waals surface area contributed by atoms with Crippen LogP contribution in [0, 0.1) is 0 Å². The Hall–Kier alpha value is -2.91. The van der Waals surface area contributed by atoms with Crippen LogP contribution >= 0.6 is 0 Å². The van der Waals surface area contributed by atoms with E-state index in [0.717, 1.165) is 18.3 Å². The van der Waals surface area contributed by atoms with E-state index in [1.54, 1.807) is 0 Å². The number of fused-ring (bicyclic) bond motifs is 1. The molecule has 0 saturated carbocycles. The molecule has 3 aromatic rings. The first kappa shape index (κ1) is 16.0. The fraction of sp³-hybridized carbons (Fsp3) is 0.286. The SMILES string of the molecule is CC(C)c1coc(NC(=O)c2cc3nccc(C(F)(F)F)n3n2)n1. The number of carbonyl (C=O) groups excluding carboxylic acids is 1. The van der Waals surface area contributed by atoms with Gasteiger partial charge in [-0.05, 0) is 12.0 Å². The molecule has 0 aliphatic heterocycles. The van der Waals surface area contributed by atoms with Crippen molar-refractivity contribution in [3.05, 3.63) is 41.7 Å². The average Bonchev–Trinajstić information content (AvgIpc) is 3.11.